The van der Waals surface area contributed by atoms with Crippen molar-refractivity contribution in [1.29, 1.82) is 0 Å². The summed E-state index contributed by atoms with van der Waals surface area (Å²) in [5, 5.41) is 0. The Morgan fingerprint density at radius 1 is 1.04 bits per heavy atom. The molecule has 0 aromatic heterocycles. The maximum Gasteiger partial charge on any atom is 0.201 e. The quantitative estimate of drug-likeness (QED) is 0.807. The molecule has 2 aliphatic carbocycles. The smallest absolute Gasteiger partial charge is 0.201 e. The summed E-state index contributed by atoms with van der Waals surface area (Å²) in [6.07, 6.45) is 2.19. The van der Waals surface area contributed by atoms with Gasteiger partial charge in [-0.2, -0.15) is 0 Å². The highest BCUT2D eigenvalue weighted by atomic mass is 16.5. The second-order valence-electron chi connectivity index (χ2n) is 7.70. The number of carbonyl (C=O) groups is 1. The Labute approximate surface area is 160 Å². The third-order valence-corrected chi connectivity index (χ3v) is 6.69. The number of nitrogens with zero attached hydrogens (tertiary/aromatic N) is 1. The Hall–Kier alpha value is -2.21. The highest BCUT2D eigenvalue weighted by Gasteiger charge is 2.59. The largest absolute Gasteiger partial charge is 0.497 e. The van der Waals surface area contributed by atoms with Gasteiger partial charge in [-0.25, -0.2) is 0 Å². The molecule has 6 nitrogen and oxygen atoms in total. The molecule has 146 valence electrons. The fraction of sp³-hybridized carbons (Fsp3) is 0.571. The van der Waals surface area contributed by atoms with Crippen LogP contribution in [0.3, 0.4) is 0 Å². The number of Topliss-reactive ketones (excluding diaryl/α,β-unsaturated/α-hetero) is 1. The molecule has 1 aromatic rings. The molecular formula is C21H27NO5. The van der Waals surface area contributed by atoms with Gasteiger partial charge in [0.1, 0.15) is 5.76 Å². The minimum Gasteiger partial charge on any atom is -0.497 e. The molecule has 3 aliphatic rings. The second kappa shape index (κ2) is 6.44. The number of allylic oxidation sites excluding steroid dienone is 1. The first-order valence-corrected chi connectivity index (χ1v) is 9.31. The maximum absolute atomic E-state index is 13.0. The molecule has 6 heteroatoms. The summed E-state index contributed by atoms with van der Waals surface area (Å²) in [5.41, 5.74) is 2.12. The number of ketones is 1. The molecule has 3 atom stereocenters. The highest BCUT2D eigenvalue weighted by molar-refractivity contribution is 5.96. The molecule has 0 unspecified atom stereocenters. The van der Waals surface area contributed by atoms with Gasteiger partial charge in [0.05, 0.1) is 28.4 Å². The fourth-order valence-electron chi connectivity index (χ4n) is 5.47. The molecule has 1 aliphatic heterocycles. The van der Waals surface area contributed by atoms with Crippen molar-refractivity contribution >= 4 is 5.78 Å². The van der Waals surface area contributed by atoms with E-state index in [4.69, 9.17) is 18.9 Å². The van der Waals surface area contributed by atoms with E-state index in [-0.39, 0.29) is 23.2 Å². The van der Waals surface area contributed by atoms with Crippen LogP contribution in [-0.4, -0.2) is 58.8 Å². The van der Waals surface area contributed by atoms with E-state index in [1.54, 1.807) is 28.4 Å². The lowest BCUT2D eigenvalue weighted by Gasteiger charge is -2.57. The molecule has 0 amide bonds. The third-order valence-electron chi connectivity index (χ3n) is 6.69. The van der Waals surface area contributed by atoms with Crippen LogP contribution in [-0.2, 0) is 26.1 Å². The van der Waals surface area contributed by atoms with Crippen molar-refractivity contribution in [3.05, 3.63) is 34.8 Å². The summed E-state index contributed by atoms with van der Waals surface area (Å²) in [5.74, 6) is 2.59. The molecule has 0 radical (unpaired) electrons. The van der Waals surface area contributed by atoms with Crippen molar-refractivity contribution < 1.29 is 23.7 Å². The molecule has 1 saturated heterocycles. The zero-order valence-corrected chi connectivity index (χ0v) is 16.6. The molecule has 0 N–H and O–H groups in total. The van der Waals surface area contributed by atoms with E-state index in [0.717, 1.165) is 25.1 Å². The van der Waals surface area contributed by atoms with Crippen molar-refractivity contribution in [3.63, 3.8) is 0 Å². The summed E-state index contributed by atoms with van der Waals surface area (Å²) in [7, 11) is 8.64. The molecule has 1 heterocycles. The van der Waals surface area contributed by atoms with Gasteiger partial charge in [-0.15, -0.1) is 0 Å². The summed E-state index contributed by atoms with van der Waals surface area (Å²) in [4.78, 5) is 15.4. The van der Waals surface area contributed by atoms with Crippen LogP contribution in [0.25, 0.3) is 0 Å². The molecule has 2 bridgehead atoms. The number of benzene rings is 1. The van der Waals surface area contributed by atoms with E-state index in [2.05, 4.69) is 24.1 Å². The van der Waals surface area contributed by atoms with Crippen molar-refractivity contribution in [2.24, 2.45) is 5.92 Å². The minimum absolute atomic E-state index is 0.0107. The summed E-state index contributed by atoms with van der Waals surface area (Å²) < 4.78 is 22.3. The lowest BCUT2D eigenvalue weighted by molar-refractivity contribution is -0.125. The first-order chi connectivity index (χ1) is 13.0. The van der Waals surface area contributed by atoms with E-state index < -0.39 is 0 Å². The predicted octanol–water partition coefficient (Wildman–Crippen LogP) is 2.30. The fourth-order valence-corrected chi connectivity index (χ4v) is 5.47. The molecule has 1 fully saturated rings. The second-order valence-corrected chi connectivity index (χ2v) is 7.70. The monoisotopic (exact) mass is 373 g/mol. The van der Waals surface area contributed by atoms with Gasteiger partial charge in [0.2, 0.25) is 5.78 Å². The summed E-state index contributed by atoms with van der Waals surface area (Å²) in [6, 6.07) is 4.39. The van der Waals surface area contributed by atoms with Crippen LogP contribution in [0.2, 0.25) is 0 Å². The van der Waals surface area contributed by atoms with E-state index in [0.29, 0.717) is 23.7 Å². The Balaban J connectivity index is 1.98. The SMILES string of the molecule is COC1=C(OC)[C@H]2[C@@H]3Cc4cc(OC)c(OC)cc4[C@]2(CCN3C)CC1=O. The third kappa shape index (κ3) is 2.39. The molecule has 0 saturated carbocycles. The molecule has 27 heavy (non-hydrogen) atoms. The standard InChI is InChI=1S/C21H27NO5/c1-22-7-6-21-11-15(23)19(26-4)20(27-5)18(21)14(22)8-12-9-16(24-2)17(25-3)10-13(12)21/h9-10,14,18H,6-8,11H2,1-5H3/t14-,18+,21-/m0/s1. The zero-order valence-electron chi connectivity index (χ0n) is 16.6. The normalized spacial score (nSPS) is 29.7. The van der Waals surface area contributed by atoms with Crippen LogP contribution in [0.1, 0.15) is 24.0 Å². The van der Waals surface area contributed by atoms with E-state index in [1.165, 1.54) is 11.1 Å². The topological polar surface area (TPSA) is 57.2 Å². The average molecular weight is 373 g/mol. The Morgan fingerprint density at radius 2 is 1.74 bits per heavy atom. The Bertz CT molecular complexity index is 817. The number of piperidine rings is 1. The molecular weight excluding hydrogens is 346 g/mol. The lowest BCUT2D eigenvalue weighted by atomic mass is 9.53. The van der Waals surface area contributed by atoms with Gasteiger partial charge in [-0.3, -0.25) is 4.79 Å². The van der Waals surface area contributed by atoms with E-state index in [1.807, 2.05) is 0 Å². The van der Waals surface area contributed by atoms with Gasteiger partial charge in [0.25, 0.3) is 0 Å². The number of ether oxygens (including phenoxy) is 4. The Kier molecular flexibility index (Phi) is 4.34. The van der Waals surface area contributed by atoms with Crippen LogP contribution >= 0.6 is 0 Å². The number of fused-ring (bicyclic) bond motifs is 1. The first kappa shape index (κ1) is 18.2. The zero-order chi connectivity index (χ0) is 19.3. The van der Waals surface area contributed by atoms with Crippen LogP contribution < -0.4 is 9.47 Å². The summed E-state index contributed by atoms with van der Waals surface area (Å²) >= 11 is 0. The van der Waals surface area contributed by atoms with Crippen molar-refractivity contribution in [2.45, 2.75) is 30.7 Å². The van der Waals surface area contributed by atoms with Crippen LogP contribution in [0, 0.1) is 5.92 Å². The number of likely N-dealkylation sites (tertiary alicyclic amines) is 1. The lowest BCUT2D eigenvalue weighted by Crippen LogP contribution is -2.61. The van der Waals surface area contributed by atoms with Gasteiger partial charge in [-0.05, 0) is 49.7 Å². The summed E-state index contributed by atoms with van der Waals surface area (Å²) in [6.45, 7) is 0.946. The number of methoxy groups -OCH3 is 4. The number of likely N-dealkylation sites (N-methyl/N-ethyl adjacent to an activating group) is 1. The highest BCUT2D eigenvalue weighted by Crippen LogP contribution is 2.57. The predicted molar refractivity (Wildman–Crippen MR) is 100 cm³/mol. The molecule has 4 rings (SSSR count). The maximum atomic E-state index is 13.0. The molecule has 1 aromatic carbocycles. The minimum atomic E-state index is -0.297. The van der Waals surface area contributed by atoms with Crippen molar-refractivity contribution in [2.75, 3.05) is 42.0 Å². The van der Waals surface area contributed by atoms with Gasteiger partial charge < -0.3 is 23.8 Å². The van der Waals surface area contributed by atoms with Crippen LogP contribution in [0.5, 0.6) is 11.5 Å². The first-order valence-electron chi connectivity index (χ1n) is 9.31. The van der Waals surface area contributed by atoms with Gasteiger partial charge in [-0.1, -0.05) is 0 Å². The molecule has 0 spiro atoms. The van der Waals surface area contributed by atoms with Crippen LogP contribution in [0.4, 0.5) is 0 Å². The van der Waals surface area contributed by atoms with Crippen molar-refractivity contribution in [3.8, 4) is 11.5 Å². The van der Waals surface area contributed by atoms with E-state index in [9.17, 15) is 4.79 Å². The van der Waals surface area contributed by atoms with Gasteiger partial charge >= 0.3 is 0 Å². The number of hydrogen-bond donors (Lipinski definition) is 0. The van der Waals surface area contributed by atoms with Gasteiger partial charge in [0.15, 0.2) is 17.3 Å². The number of carbonyl (C=O) groups excluding carboxylic acids is 1. The Morgan fingerprint density at radius 3 is 2.37 bits per heavy atom. The number of hydrogen-bond acceptors (Lipinski definition) is 6. The van der Waals surface area contributed by atoms with E-state index >= 15 is 0 Å². The van der Waals surface area contributed by atoms with Crippen LogP contribution in [0.15, 0.2) is 23.7 Å². The number of rotatable bonds is 4. The van der Waals surface area contributed by atoms with Gasteiger partial charge in [0, 0.05) is 23.8 Å². The van der Waals surface area contributed by atoms with Crippen molar-refractivity contribution in [1.82, 2.24) is 4.90 Å². The average Bonchev–Trinajstić information content (AvgIpc) is 2.68.